The van der Waals surface area contributed by atoms with Crippen molar-refractivity contribution in [2.75, 3.05) is 46.6 Å². The summed E-state index contributed by atoms with van der Waals surface area (Å²) in [5, 5.41) is 0. The first-order chi connectivity index (χ1) is 24.9. The molecule has 0 amide bonds. The first kappa shape index (κ1) is 42.7. The van der Waals surface area contributed by atoms with Gasteiger partial charge in [0.15, 0.2) is 0 Å². The predicted molar refractivity (Wildman–Crippen MR) is 219 cm³/mol. The Labute approximate surface area is 320 Å². The quantitative estimate of drug-likeness (QED) is 0.0485. The van der Waals surface area contributed by atoms with Gasteiger partial charge in [-0.05, 0) is 102 Å². The van der Waals surface area contributed by atoms with E-state index in [-0.39, 0.29) is 31.7 Å². The summed E-state index contributed by atoms with van der Waals surface area (Å²) in [6, 6.07) is 19.9. The van der Waals surface area contributed by atoms with Crippen LogP contribution in [-0.4, -0.2) is 81.5 Å². The van der Waals surface area contributed by atoms with Gasteiger partial charge in [0, 0.05) is 35.3 Å². The van der Waals surface area contributed by atoms with Crippen molar-refractivity contribution in [2.24, 2.45) is 0 Å². The van der Waals surface area contributed by atoms with Crippen LogP contribution in [0.25, 0.3) is 11.1 Å². The van der Waals surface area contributed by atoms with Crippen molar-refractivity contribution in [3.05, 3.63) is 82.4 Å². The SMILES string of the molecule is COC(=O)CC(CS(=O)(=O)N(COCC[Si](C)(C)C)COCC[Si](C)(C)C)c1ccc(O[C@@H]2CCc3c(-c4c(C)cc(OC)cc4C)cccc32)cc1. The molecule has 1 aliphatic carbocycles. The first-order valence-corrected chi connectivity index (χ1v) is 27.7. The van der Waals surface area contributed by atoms with Gasteiger partial charge in [-0.1, -0.05) is 69.6 Å². The fourth-order valence-corrected chi connectivity index (χ4v) is 9.64. The Morgan fingerprint density at radius 3 is 1.96 bits per heavy atom. The Balaban J connectivity index is 1.51. The monoisotopic (exact) mass is 783 g/mol. The minimum Gasteiger partial charge on any atom is -0.497 e. The maximum Gasteiger partial charge on any atom is 0.306 e. The van der Waals surface area contributed by atoms with Crippen molar-refractivity contribution in [2.45, 2.75) is 96.5 Å². The van der Waals surface area contributed by atoms with Gasteiger partial charge < -0.3 is 23.7 Å². The normalized spacial score (nSPS) is 15.3. The molecule has 0 N–H and O–H groups in total. The number of fused-ring (bicyclic) bond motifs is 1. The second kappa shape index (κ2) is 18.6. The Kier molecular flexibility index (Phi) is 15.0. The molecule has 0 spiro atoms. The third kappa shape index (κ3) is 12.5. The zero-order chi connectivity index (χ0) is 39.0. The molecule has 1 unspecified atom stereocenters. The van der Waals surface area contributed by atoms with Crippen LogP contribution in [0, 0.1) is 13.8 Å². The molecule has 292 valence electrons. The molecule has 0 radical (unpaired) electrons. The molecule has 0 fully saturated rings. The molecule has 12 heteroatoms. The zero-order valence-corrected chi connectivity index (χ0v) is 36.4. The summed E-state index contributed by atoms with van der Waals surface area (Å²) in [6.07, 6.45) is 1.55. The van der Waals surface area contributed by atoms with Gasteiger partial charge in [-0.3, -0.25) is 4.79 Å². The lowest BCUT2D eigenvalue weighted by molar-refractivity contribution is -0.140. The van der Waals surface area contributed by atoms with Crippen LogP contribution in [-0.2, 0) is 35.4 Å². The minimum absolute atomic E-state index is 0.0836. The summed E-state index contributed by atoms with van der Waals surface area (Å²) in [5.74, 6) is 0.129. The molecule has 3 aromatic carbocycles. The van der Waals surface area contributed by atoms with Gasteiger partial charge in [0.1, 0.15) is 31.1 Å². The van der Waals surface area contributed by atoms with Gasteiger partial charge >= 0.3 is 5.97 Å². The molecule has 1 aliphatic rings. The highest BCUT2D eigenvalue weighted by molar-refractivity contribution is 7.89. The van der Waals surface area contributed by atoms with Gasteiger partial charge in [0.2, 0.25) is 10.0 Å². The highest BCUT2D eigenvalue weighted by Gasteiger charge is 2.31. The third-order valence-electron chi connectivity index (χ3n) is 9.77. The Bertz CT molecular complexity index is 1740. The van der Waals surface area contributed by atoms with E-state index < -0.39 is 38.1 Å². The van der Waals surface area contributed by atoms with Crippen LogP contribution >= 0.6 is 0 Å². The smallest absolute Gasteiger partial charge is 0.306 e. The van der Waals surface area contributed by atoms with Crippen molar-refractivity contribution >= 4 is 32.1 Å². The van der Waals surface area contributed by atoms with E-state index in [0.29, 0.717) is 24.5 Å². The van der Waals surface area contributed by atoms with E-state index in [4.69, 9.17) is 23.7 Å². The van der Waals surface area contributed by atoms with E-state index >= 15 is 0 Å². The van der Waals surface area contributed by atoms with Crippen LogP contribution in [0.1, 0.15) is 52.7 Å². The van der Waals surface area contributed by atoms with E-state index in [0.717, 1.165) is 30.7 Å². The van der Waals surface area contributed by atoms with Crippen molar-refractivity contribution in [1.82, 2.24) is 4.31 Å². The molecule has 0 heterocycles. The molecule has 0 aromatic heterocycles. The van der Waals surface area contributed by atoms with Gasteiger partial charge in [-0.2, -0.15) is 4.31 Å². The van der Waals surface area contributed by atoms with E-state index in [1.54, 1.807) is 7.11 Å². The molecule has 3 aromatic rings. The lowest BCUT2D eigenvalue weighted by atomic mass is 9.90. The number of benzene rings is 3. The van der Waals surface area contributed by atoms with Crippen LogP contribution in [0.4, 0.5) is 0 Å². The van der Waals surface area contributed by atoms with E-state index in [1.807, 2.05) is 24.3 Å². The van der Waals surface area contributed by atoms with Crippen molar-refractivity contribution in [3.63, 3.8) is 0 Å². The van der Waals surface area contributed by atoms with Crippen LogP contribution in [0.2, 0.25) is 51.4 Å². The minimum atomic E-state index is -3.89. The number of aryl methyl sites for hydroxylation is 2. The highest BCUT2D eigenvalue weighted by Crippen LogP contribution is 2.42. The molecule has 4 rings (SSSR count). The number of sulfonamides is 1. The molecule has 9 nitrogen and oxygen atoms in total. The van der Waals surface area contributed by atoms with E-state index in [1.165, 1.54) is 44.8 Å². The number of esters is 1. The molecular weight excluding hydrogens is 723 g/mol. The number of ether oxygens (including phenoxy) is 5. The second-order valence-electron chi connectivity index (χ2n) is 16.6. The second-order valence-corrected chi connectivity index (χ2v) is 29.9. The van der Waals surface area contributed by atoms with Crippen molar-refractivity contribution in [3.8, 4) is 22.6 Å². The summed E-state index contributed by atoms with van der Waals surface area (Å²) in [4.78, 5) is 12.6. The maximum atomic E-state index is 14.0. The number of carbonyl (C=O) groups excluding carboxylic acids is 1. The average Bonchev–Trinajstić information content (AvgIpc) is 3.49. The number of carbonyl (C=O) groups is 1. The number of nitrogens with zero attached hydrogens (tertiary/aromatic N) is 1. The zero-order valence-electron chi connectivity index (χ0n) is 33.5. The largest absolute Gasteiger partial charge is 0.497 e. The number of hydrogen-bond donors (Lipinski definition) is 0. The van der Waals surface area contributed by atoms with E-state index in [9.17, 15) is 13.2 Å². The fourth-order valence-electron chi connectivity index (χ4n) is 6.63. The molecule has 0 aliphatic heterocycles. The van der Waals surface area contributed by atoms with Gasteiger partial charge in [-0.15, -0.1) is 0 Å². The third-order valence-corrected chi connectivity index (χ3v) is 15.0. The molecule has 53 heavy (non-hydrogen) atoms. The van der Waals surface area contributed by atoms with Crippen LogP contribution < -0.4 is 9.47 Å². The van der Waals surface area contributed by atoms with Crippen LogP contribution in [0.3, 0.4) is 0 Å². The Morgan fingerprint density at radius 1 is 0.849 bits per heavy atom. The number of methoxy groups -OCH3 is 2. The standard InChI is InChI=1S/C41H61NO8SSi2/c1-30-24-35(46-3)25-31(2)41(30)38-13-11-12-37-36(38)18-19-39(37)50-34-16-14-32(15-17-34)33(26-40(43)47-4)27-51(44,45)42(28-48-20-22-52(5,6)7)29-49-21-23-53(8,9)10/h11-17,24-25,33,39H,18-23,26-29H2,1-10H3/t33?,39-/m1/s1. The summed E-state index contributed by atoms with van der Waals surface area (Å²) in [5.41, 5.74) is 7.99. The first-order valence-electron chi connectivity index (χ1n) is 18.6. The van der Waals surface area contributed by atoms with E-state index in [2.05, 4.69) is 83.5 Å². The Hall–Kier alpha value is -3.01. The van der Waals surface area contributed by atoms with Crippen LogP contribution in [0.5, 0.6) is 11.5 Å². The lowest BCUT2D eigenvalue weighted by Crippen LogP contribution is -2.39. The predicted octanol–water partition coefficient (Wildman–Crippen LogP) is 8.95. The number of rotatable bonds is 20. The molecule has 2 atom stereocenters. The Morgan fingerprint density at radius 2 is 1.43 bits per heavy atom. The molecular formula is C41H61NO8SSi2. The summed E-state index contributed by atoms with van der Waals surface area (Å²) < 4.78 is 58.1. The summed E-state index contributed by atoms with van der Waals surface area (Å²) in [7, 11) is -3.61. The van der Waals surface area contributed by atoms with Crippen LogP contribution in [0.15, 0.2) is 54.6 Å². The lowest BCUT2D eigenvalue weighted by Gasteiger charge is -2.26. The summed E-state index contributed by atoms with van der Waals surface area (Å²) in [6.45, 7) is 18.6. The number of hydrogen-bond acceptors (Lipinski definition) is 8. The van der Waals surface area contributed by atoms with Crippen molar-refractivity contribution in [1.29, 1.82) is 0 Å². The van der Waals surface area contributed by atoms with Gasteiger partial charge in [-0.25, -0.2) is 8.42 Å². The molecule has 0 bridgehead atoms. The summed E-state index contributed by atoms with van der Waals surface area (Å²) >= 11 is 0. The maximum absolute atomic E-state index is 14.0. The van der Waals surface area contributed by atoms with Crippen molar-refractivity contribution < 1.29 is 36.9 Å². The fraction of sp³-hybridized carbons (Fsp3) is 0.537. The van der Waals surface area contributed by atoms with Gasteiger partial charge in [0.05, 0.1) is 26.4 Å². The average molecular weight is 784 g/mol. The van der Waals surface area contributed by atoms with Gasteiger partial charge in [0.25, 0.3) is 0 Å². The highest BCUT2D eigenvalue weighted by atomic mass is 32.2. The molecule has 0 saturated carbocycles. The topological polar surface area (TPSA) is 101 Å². The molecule has 0 saturated heterocycles.